The van der Waals surface area contributed by atoms with Crippen LogP contribution >= 0.6 is 15.9 Å². The fourth-order valence-corrected chi connectivity index (χ4v) is 2.19. The predicted molar refractivity (Wildman–Crippen MR) is 75.0 cm³/mol. The van der Waals surface area contributed by atoms with Gasteiger partial charge in [-0.15, -0.1) is 0 Å². The maximum absolute atomic E-state index is 12.0. The Labute approximate surface area is 118 Å². The van der Waals surface area contributed by atoms with E-state index in [0.717, 1.165) is 4.47 Å². The second-order valence-electron chi connectivity index (χ2n) is 3.93. The number of hydrogen-bond acceptors (Lipinski definition) is 3. The first-order valence-electron chi connectivity index (χ1n) is 5.64. The van der Waals surface area contributed by atoms with Crippen LogP contribution < -0.4 is 5.56 Å². The summed E-state index contributed by atoms with van der Waals surface area (Å²) in [4.78, 5) is 23.9. The van der Waals surface area contributed by atoms with Crippen molar-refractivity contribution in [1.29, 1.82) is 0 Å². The third-order valence-corrected chi connectivity index (χ3v) is 3.19. The Kier molecular flexibility index (Phi) is 4.16. The molecule has 0 saturated heterocycles. The van der Waals surface area contributed by atoms with E-state index in [2.05, 4.69) is 15.9 Å². The molecule has 0 bridgehead atoms. The topological polar surface area (TPSA) is 48.3 Å². The smallest absolute Gasteiger partial charge is 0.333 e. The van der Waals surface area contributed by atoms with Gasteiger partial charge >= 0.3 is 5.97 Å². The lowest BCUT2D eigenvalue weighted by atomic mass is 10.1. The minimum Gasteiger partial charge on any atom is -0.467 e. The van der Waals surface area contributed by atoms with Gasteiger partial charge in [-0.05, 0) is 27.6 Å². The van der Waals surface area contributed by atoms with Gasteiger partial charge in [0, 0.05) is 16.7 Å². The van der Waals surface area contributed by atoms with Crippen LogP contribution in [0.2, 0.25) is 0 Å². The van der Waals surface area contributed by atoms with Gasteiger partial charge in [-0.3, -0.25) is 9.36 Å². The summed E-state index contributed by atoms with van der Waals surface area (Å²) < 4.78 is 6.87. The molecule has 98 valence electrons. The van der Waals surface area contributed by atoms with Crippen LogP contribution in [-0.2, 0) is 9.53 Å². The Morgan fingerprint density at radius 2 is 1.89 bits per heavy atom. The average Bonchev–Trinajstić information content (AvgIpc) is 2.44. The molecule has 0 aliphatic rings. The number of carbonyl (C=O) groups is 1. The standard InChI is InChI=1S/C14H12BrNO3/c1-19-14(18)13(10-5-3-2-4-6-10)16-9-11(15)7-8-12(16)17/h2-9,13H,1H3. The first kappa shape index (κ1) is 13.5. The van der Waals surface area contributed by atoms with Crippen molar-refractivity contribution in [2.75, 3.05) is 7.11 Å². The molecule has 1 aromatic heterocycles. The lowest BCUT2D eigenvalue weighted by molar-refractivity contribution is -0.143. The predicted octanol–water partition coefficient (Wildman–Crippen LogP) is 2.37. The number of aromatic nitrogens is 1. The third-order valence-electron chi connectivity index (χ3n) is 2.72. The molecule has 0 saturated carbocycles. The highest BCUT2D eigenvalue weighted by molar-refractivity contribution is 9.10. The Balaban J connectivity index is 2.59. The van der Waals surface area contributed by atoms with Crippen LogP contribution in [0.1, 0.15) is 11.6 Å². The quantitative estimate of drug-likeness (QED) is 0.815. The van der Waals surface area contributed by atoms with Crippen molar-refractivity contribution in [2.24, 2.45) is 0 Å². The Bertz CT molecular complexity index is 637. The lowest BCUT2D eigenvalue weighted by Gasteiger charge is -2.18. The number of pyridine rings is 1. The van der Waals surface area contributed by atoms with Crippen molar-refractivity contribution < 1.29 is 9.53 Å². The van der Waals surface area contributed by atoms with Gasteiger partial charge in [-0.1, -0.05) is 30.3 Å². The van der Waals surface area contributed by atoms with E-state index >= 15 is 0 Å². The van der Waals surface area contributed by atoms with Crippen LogP contribution in [0.3, 0.4) is 0 Å². The number of hydrogen-bond donors (Lipinski definition) is 0. The molecule has 1 atom stereocenters. The molecule has 0 aliphatic carbocycles. The summed E-state index contributed by atoms with van der Waals surface area (Å²) in [5.74, 6) is -0.480. The van der Waals surface area contributed by atoms with E-state index < -0.39 is 12.0 Å². The molecule has 2 aromatic rings. The molecular formula is C14H12BrNO3. The van der Waals surface area contributed by atoms with Crippen molar-refractivity contribution in [3.8, 4) is 0 Å². The van der Waals surface area contributed by atoms with Gasteiger partial charge in [0.05, 0.1) is 7.11 Å². The average molecular weight is 322 g/mol. The van der Waals surface area contributed by atoms with E-state index in [1.165, 1.54) is 17.7 Å². The SMILES string of the molecule is COC(=O)C(c1ccccc1)n1cc(Br)ccc1=O. The van der Waals surface area contributed by atoms with Crippen molar-refractivity contribution in [3.63, 3.8) is 0 Å². The highest BCUT2D eigenvalue weighted by Crippen LogP contribution is 2.19. The molecule has 4 nitrogen and oxygen atoms in total. The van der Waals surface area contributed by atoms with E-state index in [4.69, 9.17) is 4.74 Å². The zero-order valence-corrected chi connectivity index (χ0v) is 11.8. The van der Waals surface area contributed by atoms with Gasteiger partial charge in [-0.25, -0.2) is 4.79 Å². The van der Waals surface area contributed by atoms with Crippen LogP contribution in [0.4, 0.5) is 0 Å². The summed E-state index contributed by atoms with van der Waals surface area (Å²) in [6, 6.07) is 11.3. The van der Waals surface area contributed by atoms with E-state index in [-0.39, 0.29) is 5.56 Å². The highest BCUT2D eigenvalue weighted by atomic mass is 79.9. The number of nitrogens with zero attached hydrogens (tertiary/aromatic N) is 1. The van der Waals surface area contributed by atoms with Crippen molar-refractivity contribution in [1.82, 2.24) is 4.57 Å². The van der Waals surface area contributed by atoms with Crippen molar-refractivity contribution >= 4 is 21.9 Å². The molecule has 0 radical (unpaired) electrons. The maximum Gasteiger partial charge on any atom is 0.333 e. The molecule has 19 heavy (non-hydrogen) atoms. The molecule has 0 fully saturated rings. The summed E-state index contributed by atoms with van der Waals surface area (Å²) in [7, 11) is 1.31. The molecule has 0 amide bonds. The fourth-order valence-electron chi connectivity index (χ4n) is 1.84. The first-order valence-corrected chi connectivity index (χ1v) is 6.43. The van der Waals surface area contributed by atoms with Crippen LogP contribution in [-0.4, -0.2) is 17.6 Å². The lowest BCUT2D eigenvalue weighted by Crippen LogP contribution is -2.30. The van der Waals surface area contributed by atoms with E-state index in [1.807, 2.05) is 18.2 Å². The minimum atomic E-state index is -0.781. The third kappa shape index (κ3) is 2.93. The largest absolute Gasteiger partial charge is 0.467 e. The van der Waals surface area contributed by atoms with Gasteiger partial charge in [0.25, 0.3) is 5.56 Å². The second kappa shape index (κ2) is 5.84. The summed E-state index contributed by atoms with van der Waals surface area (Å²) >= 11 is 3.30. The number of benzene rings is 1. The summed E-state index contributed by atoms with van der Waals surface area (Å²) in [6.07, 6.45) is 1.58. The highest BCUT2D eigenvalue weighted by Gasteiger charge is 2.24. The van der Waals surface area contributed by atoms with Gasteiger partial charge in [0.2, 0.25) is 0 Å². The molecule has 1 heterocycles. The molecule has 0 aliphatic heterocycles. The minimum absolute atomic E-state index is 0.262. The van der Waals surface area contributed by atoms with E-state index in [0.29, 0.717) is 5.56 Å². The first-order chi connectivity index (χ1) is 9.13. The molecule has 5 heteroatoms. The maximum atomic E-state index is 12.0. The van der Waals surface area contributed by atoms with Gasteiger partial charge in [0.1, 0.15) is 0 Å². The molecule has 0 N–H and O–H groups in total. The number of esters is 1. The summed E-state index contributed by atoms with van der Waals surface area (Å²) in [6.45, 7) is 0. The van der Waals surface area contributed by atoms with Gasteiger partial charge in [0.15, 0.2) is 6.04 Å². The molecule has 0 spiro atoms. The molecular weight excluding hydrogens is 310 g/mol. The number of ether oxygens (including phenoxy) is 1. The monoisotopic (exact) mass is 321 g/mol. The summed E-state index contributed by atoms with van der Waals surface area (Å²) in [5, 5.41) is 0. The zero-order valence-electron chi connectivity index (χ0n) is 10.2. The van der Waals surface area contributed by atoms with Crippen molar-refractivity contribution in [3.05, 3.63) is 69.1 Å². The normalized spacial score (nSPS) is 11.9. The van der Waals surface area contributed by atoms with Gasteiger partial charge in [-0.2, -0.15) is 0 Å². The van der Waals surface area contributed by atoms with Crippen LogP contribution in [0.5, 0.6) is 0 Å². The molecule has 2 rings (SSSR count). The Morgan fingerprint density at radius 1 is 1.21 bits per heavy atom. The molecule has 1 unspecified atom stereocenters. The Morgan fingerprint density at radius 3 is 2.53 bits per heavy atom. The van der Waals surface area contributed by atoms with Crippen molar-refractivity contribution in [2.45, 2.75) is 6.04 Å². The van der Waals surface area contributed by atoms with Crippen LogP contribution in [0, 0.1) is 0 Å². The number of halogens is 1. The van der Waals surface area contributed by atoms with E-state index in [9.17, 15) is 9.59 Å². The number of rotatable bonds is 3. The second-order valence-corrected chi connectivity index (χ2v) is 4.84. The van der Waals surface area contributed by atoms with Crippen LogP contribution in [0.15, 0.2) is 57.9 Å². The molecule has 1 aromatic carbocycles. The van der Waals surface area contributed by atoms with E-state index in [1.54, 1.807) is 24.4 Å². The zero-order chi connectivity index (χ0) is 13.8. The van der Waals surface area contributed by atoms with Gasteiger partial charge < -0.3 is 4.74 Å². The number of carbonyl (C=O) groups excluding carboxylic acids is 1. The Hall–Kier alpha value is -1.88. The van der Waals surface area contributed by atoms with Crippen LogP contribution in [0.25, 0.3) is 0 Å². The number of methoxy groups -OCH3 is 1. The summed E-state index contributed by atoms with van der Waals surface area (Å²) in [5.41, 5.74) is 0.442. The fraction of sp³-hybridized carbons (Fsp3) is 0.143.